The Hall–Kier alpha value is -3.40. The number of benzene rings is 2. The van der Waals surface area contributed by atoms with Gasteiger partial charge in [0.1, 0.15) is 0 Å². The molecule has 0 amide bonds. The monoisotopic (exact) mass is 413 g/mol. The third-order valence-corrected chi connectivity index (χ3v) is 5.08. The van der Waals surface area contributed by atoms with Crippen molar-refractivity contribution >= 4 is 50.5 Å². The van der Waals surface area contributed by atoms with Crippen LogP contribution < -0.4 is 4.90 Å². The van der Waals surface area contributed by atoms with Gasteiger partial charge in [0.05, 0.1) is 29.7 Å². The van der Waals surface area contributed by atoms with Gasteiger partial charge in [-0.2, -0.15) is 4.37 Å². The predicted molar refractivity (Wildman–Crippen MR) is 111 cm³/mol. The Morgan fingerprint density at radius 3 is 2.66 bits per heavy atom. The highest BCUT2D eigenvalue weighted by Crippen LogP contribution is 2.34. The molecule has 3 aromatic rings. The Balaban J connectivity index is 1.74. The van der Waals surface area contributed by atoms with Crippen LogP contribution in [0.15, 0.2) is 52.7 Å². The van der Waals surface area contributed by atoms with Gasteiger partial charge in [0.15, 0.2) is 5.00 Å². The number of carbonyl (C=O) groups is 1. The number of nitro benzene ring substituents is 1. The standard InChI is InChI=1S/C19H19N5O4S/c1-3-23(11-10-18(25)28-2)14-6-4-13(5-7-14)20-21-19-16-12-15(24(26)27)8-9-17(16)22-29-19/h4-9,12H,3,10-11H2,1-2H3. The fourth-order valence-corrected chi connectivity index (χ4v) is 3.42. The van der Waals surface area contributed by atoms with Crippen molar-refractivity contribution in [1.29, 1.82) is 0 Å². The Kier molecular flexibility index (Phi) is 6.45. The minimum absolute atomic E-state index is 0.00915. The van der Waals surface area contributed by atoms with Gasteiger partial charge < -0.3 is 9.64 Å². The molecule has 0 saturated heterocycles. The maximum Gasteiger partial charge on any atom is 0.307 e. The number of esters is 1. The number of ether oxygens (including phenoxy) is 1. The average Bonchev–Trinajstić information content (AvgIpc) is 3.15. The van der Waals surface area contributed by atoms with Crippen molar-refractivity contribution in [2.45, 2.75) is 13.3 Å². The van der Waals surface area contributed by atoms with E-state index in [-0.39, 0.29) is 11.7 Å². The second kappa shape index (κ2) is 9.20. The number of fused-ring (bicyclic) bond motifs is 1. The third kappa shape index (κ3) is 4.91. The number of anilines is 1. The topological polar surface area (TPSA) is 110 Å². The van der Waals surface area contributed by atoms with Crippen LogP contribution in [0.4, 0.5) is 22.1 Å². The minimum atomic E-state index is -0.448. The van der Waals surface area contributed by atoms with E-state index in [9.17, 15) is 14.9 Å². The van der Waals surface area contributed by atoms with Crippen LogP contribution in [-0.2, 0) is 9.53 Å². The van der Waals surface area contributed by atoms with Gasteiger partial charge in [-0.15, -0.1) is 10.2 Å². The van der Waals surface area contributed by atoms with Gasteiger partial charge in [0, 0.05) is 36.3 Å². The number of carbonyl (C=O) groups excluding carboxylic acids is 1. The normalized spacial score (nSPS) is 11.1. The molecule has 0 aliphatic heterocycles. The summed E-state index contributed by atoms with van der Waals surface area (Å²) in [5.74, 6) is -0.245. The molecule has 0 unspecified atom stereocenters. The molecule has 150 valence electrons. The summed E-state index contributed by atoms with van der Waals surface area (Å²) >= 11 is 1.14. The SMILES string of the molecule is CCN(CCC(=O)OC)c1ccc(N=Nc2snc3ccc([N+](=O)[O-])cc23)cc1. The van der Waals surface area contributed by atoms with Crippen LogP contribution in [-0.4, -0.2) is 35.5 Å². The molecular formula is C19H19N5O4S. The molecule has 1 aromatic heterocycles. The van der Waals surface area contributed by atoms with Crippen molar-refractivity contribution in [2.24, 2.45) is 10.2 Å². The fourth-order valence-electron chi connectivity index (χ4n) is 2.73. The molecule has 0 aliphatic rings. The summed E-state index contributed by atoms with van der Waals surface area (Å²) in [5, 5.41) is 20.5. The summed E-state index contributed by atoms with van der Waals surface area (Å²) in [4.78, 5) is 23.9. The largest absolute Gasteiger partial charge is 0.469 e. The minimum Gasteiger partial charge on any atom is -0.469 e. The number of azo groups is 1. The molecule has 0 bridgehead atoms. The first-order valence-corrected chi connectivity index (χ1v) is 9.66. The van der Waals surface area contributed by atoms with E-state index in [0.29, 0.717) is 34.6 Å². The Labute approximate surface area is 170 Å². The second-order valence-electron chi connectivity index (χ2n) is 6.07. The zero-order valence-corrected chi connectivity index (χ0v) is 16.8. The van der Waals surface area contributed by atoms with E-state index in [0.717, 1.165) is 23.8 Å². The highest BCUT2D eigenvalue weighted by Gasteiger charge is 2.12. The second-order valence-corrected chi connectivity index (χ2v) is 6.82. The van der Waals surface area contributed by atoms with Crippen LogP contribution in [0.25, 0.3) is 10.9 Å². The summed E-state index contributed by atoms with van der Waals surface area (Å²) < 4.78 is 8.93. The highest BCUT2D eigenvalue weighted by molar-refractivity contribution is 7.11. The van der Waals surface area contributed by atoms with Gasteiger partial charge in [-0.3, -0.25) is 14.9 Å². The third-order valence-electron chi connectivity index (χ3n) is 4.32. The number of methoxy groups -OCH3 is 1. The lowest BCUT2D eigenvalue weighted by molar-refractivity contribution is -0.384. The number of rotatable bonds is 8. The Morgan fingerprint density at radius 2 is 2.00 bits per heavy atom. The Morgan fingerprint density at radius 1 is 1.24 bits per heavy atom. The molecule has 0 fully saturated rings. The molecule has 1 heterocycles. The molecular weight excluding hydrogens is 394 g/mol. The smallest absolute Gasteiger partial charge is 0.307 e. The van der Waals surface area contributed by atoms with Gasteiger partial charge >= 0.3 is 5.97 Å². The van der Waals surface area contributed by atoms with E-state index in [4.69, 9.17) is 0 Å². The van der Waals surface area contributed by atoms with E-state index in [1.807, 2.05) is 31.2 Å². The van der Waals surface area contributed by atoms with Crippen molar-refractivity contribution in [1.82, 2.24) is 4.37 Å². The van der Waals surface area contributed by atoms with Crippen molar-refractivity contribution in [2.75, 3.05) is 25.1 Å². The van der Waals surface area contributed by atoms with E-state index in [1.54, 1.807) is 6.07 Å². The number of nitro groups is 1. The molecule has 29 heavy (non-hydrogen) atoms. The number of aromatic nitrogens is 1. The summed E-state index contributed by atoms with van der Waals surface area (Å²) in [6.07, 6.45) is 0.316. The lowest BCUT2D eigenvalue weighted by Crippen LogP contribution is -2.25. The fraction of sp³-hybridized carbons (Fsp3) is 0.263. The lowest BCUT2D eigenvalue weighted by Gasteiger charge is -2.22. The van der Waals surface area contributed by atoms with E-state index >= 15 is 0 Å². The number of non-ortho nitro benzene ring substituents is 1. The molecule has 0 spiro atoms. The number of hydrogen-bond donors (Lipinski definition) is 0. The quantitative estimate of drug-likeness (QED) is 0.222. The van der Waals surface area contributed by atoms with Crippen LogP contribution in [0.3, 0.4) is 0 Å². The van der Waals surface area contributed by atoms with Gasteiger partial charge in [0.2, 0.25) is 0 Å². The Bertz CT molecular complexity index is 1050. The van der Waals surface area contributed by atoms with Crippen molar-refractivity contribution in [3.63, 3.8) is 0 Å². The van der Waals surface area contributed by atoms with Crippen molar-refractivity contribution in [3.05, 3.63) is 52.6 Å². The number of nitrogens with zero attached hydrogens (tertiary/aromatic N) is 5. The molecule has 0 saturated carbocycles. The van der Waals surface area contributed by atoms with Crippen LogP contribution in [0.2, 0.25) is 0 Å². The van der Waals surface area contributed by atoms with Crippen LogP contribution in [0.5, 0.6) is 0 Å². The molecule has 0 radical (unpaired) electrons. The maximum absolute atomic E-state index is 11.3. The summed E-state index contributed by atoms with van der Waals surface area (Å²) in [6, 6.07) is 11.9. The van der Waals surface area contributed by atoms with Gasteiger partial charge in [-0.1, -0.05) is 0 Å². The summed E-state index contributed by atoms with van der Waals surface area (Å²) in [7, 11) is 1.38. The van der Waals surface area contributed by atoms with Gasteiger partial charge in [-0.25, -0.2) is 0 Å². The molecule has 0 aliphatic carbocycles. The molecule has 2 aromatic carbocycles. The first kappa shape index (κ1) is 20.3. The first-order chi connectivity index (χ1) is 14.0. The van der Waals surface area contributed by atoms with E-state index in [1.165, 1.54) is 19.2 Å². The molecule has 3 rings (SSSR count). The number of hydrogen-bond acceptors (Lipinski definition) is 9. The average molecular weight is 413 g/mol. The maximum atomic E-state index is 11.3. The van der Waals surface area contributed by atoms with E-state index < -0.39 is 4.92 Å². The molecule has 0 atom stereocenters. The van der Waals surface area contributed by atoms with Gasteiger partial charge in [-0.05, 0) is 48.8 Å². The molecule has 9 nitrogen and oxygen atoms in total. The van der Waals surface area contributed by atoms with Crippen LogP contribution >= 0.6 is 11.5 Å². The lowest BCUT2D eigenvalue weighted by atomic mass is 10.2. The molecule has 0 N–H and O–H groups in total. The van der Waals surface area contributed by atoms with Gasteiger partial charge in [0.25, 0.3) is 5.69 Å². The zero-order valence-electron chi connectivity index (χ0n) is 15.9. The van der Waals surface area contributed by atoms with Crippen molar-refractivity contribution < 1.29 is 14.5 Å². The van der Waals surface area contributed by atoms with Crippen LogP contribution in [0, 0.1) is 10.1 Å². The zero-order chi connectivity index (χ0) is 20.8. The van der Waals surface area contributed by atoms with Crippen molar-refractivity contribution in [3.8, 4) is 0 Å². The first-order valence-electron chi connectivity index (χ1n) is 8.89. The predicted octanol–water partition coefficient (Wildman–Crippen LogP) is 5.01. The van der Waals surface area contributed by atoms with E-state index in [2.05, 4.69) is 24.2 Å². The molecule has 10 heteroatoms. The highest BCUT2D eigenvalue weighted by atomic mass is 32.1. The summed E-state index contributed by atoms with van der Waals surface area (Å²) in [5.41, 5.74) is 2.25. The summed E-state index contributed by atoms with van der Waals surface area (Å²) in [6.45, 7) is 3.33. The van der Waals surface area contributed by atoms with Crippen LogP contribution in [0.1, 0.15) is 13.3 Å².